The van der Waals surface area contributed by atoms with Gasteiger partial charge in [-0.2, -0.15) is 0 Å². The average Bonchev–Trinajstić information content (AvgIpc) is 2.40. The first-order chi connectivity index (χ1) is 8.91. The van der Waals surface area contributed by atoms with Crippen LogP contribution in [-0.2, 0) is 14.3 Å². The van der Waals surface area contributed by atoms with Crippen LogP contribution in [0.4, 0.5) is 0 Å². The number of carbonyl (C=O) groups is 1. The van der Waals surface area contributed by atoms with Crippen LogP contribution in [0.3, 0.4) is 0 Å². The predicted molar refractivity (Wildman–Crippen MR) is 78.5 cm³/mol. The highest BCUT2D eigenvalue weighted by molar-refractivity contribution is 7.99. The van der Waals surface area contributed by atoms with E-state index >= 15 is 0 Å². The Morgan fingerprint density at radius 3 is 2.32 bits per heavy atom. The Morgan fingerprint density at radius 2 is 1.84 bits per heavy atom. The molecule has 0 saturated carbocycles. The zero-order chi connectivity index (χ0) is 14.5. The monoisotopic (exact) mass is 282 g/mol. The van der Waals surface area contributed by atoms with E-state index in [4.69, 9.17) is 9.47 Å². The van der Waals surface area contributed by atoms with Crippen molar-refractivity contribution in [1.82, 2.24) is 0 Å². The van der Waals surface area contributed by atoms with E-state index in [0.29, 0.717) is 5.75 Å². The van der Waals surface area contributed by atoms with E-state index in [9.17, 15) is 4.79 Å². The topological polar surface area (TPSA) is 35.5 Å². The normalized spacial score (nSPS) is 13.1. The lowest BCUT2D eigenvalue weighted by atomic mass is 9.87. The molecule has 0 aliphatic heterocycles. The van der Waals surface area contributed by atoms with Gasteiger partial charge >= 0.3 is 5.97 Å². The van der Waals surface area contributed by atoms with Gasteiger partial charge in [-0.15, -0.1) is 11.8 Å². The molecule has 0 aromatic heterocycles. The molecular formula is C15H22O3S. The minimum Gasteiger partial charge on any atom is -0.469 e. The maximum absolute atomic E-state index is 11.8. The minimum absolute atomic E-state index is 0.189. The van der Waals surface area contributed by atoms with E-state index in [1.807, 2.05) is 13.8 Å². The van der Waals surface area contributed by atoms with Crippen LogP contribution < -0.4 is 0 Å². The van der Waals surface area contributed by atoms with Gasteiger partial charge in [0.1, 0.15) is 0 Å². The van der Waals surface area contributed by atoms with Crippen LogP contribution in [0.15, 0.2) is 29.2 Å². The Kier molecular flexibility index (Phi) is 5.88. The summed E-state index contributed by atoms with van der Waals surface area (Å²) in [7, 11) is 3.04. The third kappa shape index (κ3) is 4.25. The van der Waals surface area contributed by atoms with Crippen molar-refractivity contribution in [2.75, 3.05) is 20.0 Å². The van der Waals surface area contributed by atoms with Crippen molar-refractivity contribution in [3.8, 4) is 0 Å². The van der Waals surface area contributed by atoms with Gasteiger partial charge in [-0.3, -0.25) is 4.79 Å². The number of hydrogen-bond donors (Lipinski definition) is 0. The molecule has 106 valence electrons. The Balaban J connectivity index is 2.67. The number of esters is 1. The smallest absolute Gasteiger partial charge is 0.313 e. The summed E-state index contributed by atoms with van der Waals surface area (Å²) >= 11 is 1.68. The summed E-state index contributed by atoms with van der Waals surface area (Å²) in [6, 6.07) is 8.32. The first kappa shape index (κ1) is 16.1. The molecule has 0 aliphatic carbocycles. The predicted octanol–water partition coefficient (Wildman–Crippen LogP) is 3.30. The Morgan fingerprint density at radius 1 is 1.26 bits per heavy atom. The fraction of sp³-hybridized carbons (Fsp3) is 0.533. The lowest BCUT2D eigenvalue weighted by Crippen LogP contribution is -2.40. The van der Waals surface area contributed by atoms with Crippen LogP contribution in [0.5, 0.6) is 0 Å². The SMILES string of the molecule is COC(=O)C(C)(C)C(CSc1ccc(C)cc1)OC. The van der Waals surface area contributed by atoms with Crippen LogP contribution >= 0.6 is 11.8 Å². The van der Waals surface area contributed by atoms with Crippen molar-refractivity contribution in [1.29, 1.82) is 0 Å². The summed E-state index contributed by atoms with van der Waals surface area (Å²) in [6.45, 7) is 5.76. The first-order valence-corrected chi connectivity index (χ1v) is 7.21. The summed E-state index contributed by atoms with van der Waals surface area (Å²) in [6.07, 6.45) is -0.189. The fourth-order valence-corrected chi connectivity index (χ4v) is 3.00. The largest absolute Gasteiger partial charge is 0.469 e. The van der Waals surface area contributed by atoms with Crippen molar-refractivity contribution in [3.05, 3.63) is 29.8 Å². The van der Waals surface area contributed by atoms with E-state index in [-0.39, 0.29) is 12.1 Å². The first-order valence-electron chi connectivity index (χ1n) is 6.22. The highest BCUT2D eigenvalue weighted by Gasteiger charge is 2.38. The number of ether oxygens (including phenoxy) is 2. The second-order valence-electron chi connectivity index (χ2n) is 5.06. The number of thioether (sulfide) groups is 1. The van der Waals surface area contributed by atoms with E-state index in [1.54, 1.807) is 18.9 Å². The molecule has 1 atom stereocenters. The maximum atomic E-state index is 11.8. The summed E-state index contributed by atoms with van der Waals surface area (Å²) in [5.74, 6) is 0.464. The minimum atomic E-state index is -0.652. The average molecular weight is 282 g/mol. The quantitative estimate of drug-likeness (QED) is 0.592. The molecule has 1 unspecified atom stereocenters. The van der Waals surface area contributed by atoms with E-state index in [2.05, 4.69) is 31.2 Å². The van der Waals surface area contributed by atoms with Crippen molar-refractivity contribution in [2.24, 2.45) is 5.41 Å². The summed E-state index contributed by atoms with van der Waals surface area (Å²) in [5.41, 5.74) is 0.587. The van der Waals surface area contributed by atoms with Crippen LogP contribution in [0.25, 0.3) is 0 Å². The Bertz CT molecular complexity index is 412. The van der Waals surface area contributed by atoms with Gasteiger partial charge in [0.2, 0.25) is 0 Å². The van der Waals surface area contributed by atoms with Gasteiger partial charge in [0.25, 0.3) is 0 Å². The van der Waals surface area contributed by atoms with Gasteiger partial charge in [-0.05, 0) is 32.9 Å². The second-order valence-corrected chi connectivity index (χ2v) is 6.16. The number of hydrogen-bond acceptors (Lipinski definition) is 4. The summed E-state index contributed by atoms with van der Waals surface area (Å²) in [5, 5.41) is 0. The molecular weight excluding hydrogens is 260 g/mol. The molecule has 1 rings (SSSR count). The van der Waals surface area contributed by atoms with Crippen LogP contribution in [-0.4, -0.2) is 32.0 Å². The van der Waals surface area contributed by atoms with Crippen molar-refractivity contribution in [3.63, 3.8) is 0 Å². The summed E-state index contributed by atoms with van der Waals surface area (Å²) in [4.78, 5) is 13.0. The van der Waals surface area contributed by atoms with Crippen molar-refractivity contribution >= 4 is 17.7 Å². The molecule has 0 heterocycles. The summed E-state index contributed by atoms with van der Waals surface area (Å²) < 4.78 is 10.3. The zero-order valence-electron chi connectivity index (χ0n) is 12.2. The molecule has 0 N–H and O–H groups in total. The third-order valence-corrected chi connectivity index (χ3v) is 4.30. The van der Waals surface area contributed by atoms with Gasteiger partial charge in [-0.1, -0.05) is 17.7 Å². The molecule has 0 aliphatic rings. The lowest BCUT2D eigenvalue weighted by Gasteiger charge is -2.30. The molecule has 3 nitrogen and oxygen atoms in total. The maximum Gasteiger partial charge on any atom is 0.313 e. The van der Waals surface area contributed by atoms with E-state index in [0.717, 1.165) is 0 Å². The van der Waals surface area contributed by atoms with Crippen molar-refractivity contribution in [2.45, 2.75) is 31.8 Å². The van der Waals surface area contributed by atoms with Gasteiger partial charge in [0, 0.05) is 17.8 Å². The van der Waals surface area contributed by atoms with Gasteiger partial charge in [-0.25, -0.2) is 0 Å². The number of methoxy groups -OCH3 is 2. The zero-order valence-corrected chi connectivity index (χ0v) is 13.0. The molecule has 0 bridgehead atoms. The standard InChI is InChI=1S/C15H22O3S/c1-11-6-8-12(9-7-11)19-10-13(17-4)15(2,3)14(16)18-5/h6-9,13H,10H2,1-5H3. The van der Waals surface area contributed by atoms with Crippen LogP contribution in [0, 0.1) is 12.3 Å². The molecule has 0 fully saturated rings. The fourth-order valence-electron chi connectivity index (χ4n) is 1.77. The molecule has 1 aromatic carbocycles. The van der Waals surface area contributed by atoms with E-state index < -0.39 is 5.41 Å². The van der Waals surface area contributed by atoms with Gasteiger partial charge in [0.05, 0.1) is 18.6 Å². The highest BCUT2D eigenvalue weighted by Crippen LogP contribution is 2.30. The molecule has 0 radical (unpaired) electrons. The number of rotatable bonds is 6. The molecule has 1 aromatic rings. The molecule has 0 spiro atoms. The molecule has 19 heavy (non-hydrogen) atoms. The lowest BCUT2D eigenvalue weighted by molar-refractivity contribution is -0.157. The third-order valence-electron chi connectivity index (χ3n) is 3.22. The Labute approximate surface area is 119 Å². The molecule has 4 heteroatoms. The van der Waals surface area contributed by atoms with Crippen LogP contribution in [0.2, 0.25) is 0 Å². The molecule has 0 saturated heterocycles. The van der Waals surface area contributed by atoms with Crippen LogP contribution in [0.1, 0.15) is 19.4 Å². The highest BCUT2D eigenvalue weighted by atomic mass is 32.2. The van der Waals surface area contributed by atoms with Crippen molar-refractivity contribution < 1.29 is 14.3 Å². The Hall–Kier alpha value is -1.00. The van der Waals surface area contributed by atoms with E-state index in [1.165, 1.54) is 17.6 Å². The number of benzene rings is 1. The van der Waals surface area contributed by atoms with Gasteiger partial charge in [0.15, 0.2) is 0 Å². The number of carbonyl (C=O) groups excluding carboxylic acids is 1. The van der Waals surface area contributed by atoms with Gasteiger partial charge < -0.3 is 9.47 Å². The second kappa shape index (κ2) is 6.96. The molecule has 0 amide bonds. The number of aryl methyl sites for hydroxylation is 1.